The Hall–Kier alpha value is -0.0800. The highest BCUT2D eigenvalue weighted by molar-refractivity contribution is 4.83. The van der Waals surface area contributed by atoms with Crippen LogP contribution in [0, 0.1) is 11.8 Å². The van der Waals surface area contributed by atoms with Gasteiger partial charge in [0.25, 0.3) is 0 Å². The number of likely N-dealkylation sites (N-methyl/N-ethyl adjacent to an activating group) is 1. The molecular weight excluding hydrogens is 208 g/mol. The largest absolute Gasteiger partial charge is 0.316 e. The molecule has 1 fully saturated rings. The maximum absolute atomic E-state index is 3.45. The van der Waals surface area contributed by atoms with Gasteiger partial charge in [-0.2, -0.15) is 0 Å². The van der Waals surface area contributed by atoms with Crippen LogP contribution in [0.1, 0.15) is 53.4 Å². The summed E-state index contributed by atoms with van der Waals surface area (Å²) >= 11 is 0. The van der Waals surface area contributed by atoms with Crippen molar-refractivity contribution >= 4 is 0 Å². The third-order valence-electron chi connectivity index (χ3n) is 3.86. The number of nitrogens with zero attached hydrogens (tertiary/aromatic N) is 1. The zero-order valence-electron chi connectivity index (χ0n) is 12.5. The van der Waals surface area contributed by atoms with Crippen LogP contribution in [0.5, 0.6) is 0 Å². The predicted molar refractivity (Wildman–Crippen MR) is 76.4 cm³/mol. The zero-order valence-corrected chi connectivity index (χ0v) is 12.5. The van der Waals surface area contributed by atoms with E-state index in [-0.39, 0.29) is 0 Å². The van der Waals surface area contributed by atoms with E-state index in [1.54, 1.807) is 0 Å². The molecule has 0 amide bonds. The van der Waals surface area contributed by atoms with Crippen LogP contribution in [-0.2, 0) is 0 Å². The highest BCUT2D eigenvalue weighted by Gasteiger charge is 2.25. The van der Waals surface area contributed by atoms with E-state index < -0.39 is 0 Å². The van der Waals surface area contributed by atoms with Crippen molar-refractivity contribution in [3.05, 3.63) is 0 Å². The van der Waals surface area contributed by atoms with Gasteiger partial charge in [0.2, 0.25) is 0 Å². The second-order valence-corrected chi connectivity index (χ2v) is 6.54. The second kappa shape index (κ2) is 7.38. The molecule has 2 nitrogen and oxygen atoms in total. The van der Waals surface area contributed by atoms with Crippen LogP contribution in [0.25, 0.3) is 0 Å². The average molecular weight is 240 g/mol. The molecule has 0 spiro atoms. The molecule has 1 saturated heterocycles. The SMILES string of the molecule is CNC1CCCN(C(CC(C)C)CC(C)C)C1. The summed E-state index contributed by atoms with van der Waals surface area (Å²) in [5, 5.41) is 3.45. The second-order valence-electron chi connectivity index (χ2n) is 6.54. The Morgan fingerprint density at radius 2 is 1.71 bits per heavy atom. The summed E-state index contributed by atoms with van der Waals surface area (Å²) in [4.78, 5) is 2.74. The molecule has 1 rings (SSSR count). The summed E-state index contributed by atoms with van der Waals surface area (Å²) in [6.07, 6.45) is 5.42. The maximum Gasteiger partial charge on any atom is 0.0192 e. The lowest BCUT2D eigenvalue weighted by Crippen LogP contribution is -2.49. The van der Waals surface area contributed by atoms with E-state index in [1.165, 1.54) is 38.8 Å². The van der Waals surface area contributed by atoms with E-state index in [1.807, 2.05) is 0 Å². The molecule has 1 aliphatic rings. The molecular formula is C15H32N2. The van der Waals surface area contributed by atoms with Crippen molar-refractivity contribution in [2.75, 3.05) is 20.1 Å². The molecule has 0 aromatic heterocycles. The number of hydrogen-bond donors (Lipinski definition) is 1. The Morgan fingerprint density at radius 1 is 1.12 bits per heavy atom. The normalized spacial score (nSPS) is 22.9. The van der Waals surface area contributed by atoms with Crippen LogP contribution in [0.2, 0.25) is 0 Å². The molecule has 17 heavy (non-hydrogen) atoms. The molecule has 1 aliphatic heterocycles. The smallest absolute Gasteiger partial charge is 0.0192 e. The molecule has 1 atom stereocenters. The van der Waals surface area contributed by atoms with Gasteiger partial charge in [-0.05, 0) is 51.1 Å². The van der Waals surface area contributed by atoms with Crippen LogP contribution in [0.3, 0.4) is 0 Å². The molecule has 1 unspecified atom stereocenters. The van der Waals surface area contributed by atoms with E-state index in [2.05, 4.69) is 45.0 Å². The minimum Gasteiger partial charge on any atom is -0.316 e. The van der Waals surface area contributed by atoms with Crippen molar-refractivity contribution in [3.63, 3.8) is 0 Å². The van der Waals surface area contributed by atoms with Gasteiger partial charge in [-0.15, -0.1) is 0 Å². The molecule has 0 aromatic carbocycles. The van der Waals surface area contributed by atoms with Gasteiger partial charge < -0.3 is 5.32 Å². The summed E-state index contributed by atoms with van der Waals surface area (Å²) in [5.41, 5.74) is 0. The summed E-state index contributed by atoms with van der Waals surface area (Å²) in [5.74, 6) is 1.63. The highest BCUT2D eigenvalue weighted by Crippen LogP contribution is 2.22. The molecule has 1 heterocycles. The minimum atomic E-state index is 0.713. The van der Waals surface area contributed by atoms with Crippen LogP contribution >= 0.6 is 0 Å². The Bertz CT molecular complexity index is 191. The van der Waals surface area contributed by atoms with Crippen molar-refractivity contribution in [1.29, 1.82) is 0 Å². The first-order valence-corrected chi connectivity index (χ1v) is 7.44. The minimum absolute atomic E-state index is 0.713. The van der Waals surface area contributed by atoms with Crippen molar-refractivity contribution in [2.45, 2.75) is 65.5 Å². The van der Waals surface area contributed by atoms with Gasteiger partial charge in [0, 0.05) is 18.6 Å². The fourth-order valence-electron chi connectivity index (χ4n) is 3.06. The standard InChI is InChI=1S/C15H32N2/c1-12(2)9-15(10-13(3)4)17-8-6-7-14(11-17)16-5/h12-16H,6-11H2,1-5H3. The van der Waals surface area contributed by atoms with Crippen LogP contribution in [0.15, 0.2) is 0 Å². The van der Waals surface area contributed by atoms with Crippen LogP contribution < -0.4 is 5.32 Å². The molecule has 0 saturated carbocycles. The monoisotopic (exact) mass is 240 g/mol. The molecule has 0 bridgehead atoms. The lowest BCUT2D eigenvalue weighted by Gasteiger charge is -2.39. The lowest BCUT2D eigenvalue weighted by molar-refractivity contribution is 0.109. The topological polar surface area (TPSA) is 15.3 Å². The summed E-state index contributed by atoms with van der Waals surface area (Å²) in [7, 11) is 2.11. The van der Waals surface area contributed by atoms with E-state index >= 15 is 0 Å². The summed E-state index contributed by atoms with van der Waals surface area (Å²) in [6.45, 7) is 12.0. The number of nitrogens with one attached hydrogen (secondary N) is 1. The average Bonchev–Trinajstić information content (AvgIpc) is 2.27. The van der Waals surface area contributed by atoms with Crippen molar-refractivity contribution < 1.29 is 0 Å². The molecule has 2 heteroatoms. The van der Waals surface area contributed by atoms with Crippen molar-refractivity contribution in [1.82, 2.24) is 10.2 Å². The van der Waals surface area contributed by atoms with E-state index in [0.29, 0.717) is 6.04 Å². The molecule has 102 valence electrons. The quantitative estimate of drug-likeness (QED) is 0.767. The first kappa shape index (κ1) is 15.0. The highest BCUT2D eigenvalue weighted by atomic mass is 15.2. The fraction of sp³-hybridized carbons (Fsp3) is 1.00. The molecule has 0 aliphatic carbocycles. The van der Waals surface area contributed by atoms with E-state index in [0.717, 1.165) is 17.9 Å². The van der Waals surface area contributed by atoms with Gasteiger partial charge in [0.05, 0.1) is 0 Å². The van der Waals surface area contributed by atoms with Gasteiger partial charge >= 0.3 is 0 Å². The van der Waals surface area contributed by atoms with Crippen LogP contribution in [0.4, 0.5) is 0 Å². The van der Waals surface area contributed by atoms with Gasteiger partial charge in [-0.1, -0.05) is 27.7 Å². The summed E-state index contributed by atoms with van der Waals surface area (Å²) < 4.78 is 0. The maximum atomic E-state index is 3.45. The number of hydrogen-bond acceptors (Lipinski definition) is 2. The van der Waals surface area contributed by atoms with Crippen molar-refractivity contribution in [3.8, 4) is 0 Å². The zero-order chi connectivity index (χ0) is 12.8. The predicted octanol–water partition coefficient (Wildman–Crippen LogP) is 3.13. The first-order chi connectivity index (χ1) is 8.02. The third-order valence-corrected chi connectivity index (χ3v) is 3.86. The number of piperidine rings is 1. The lowest BCUT2D eigenvalue weighted by atomic mass is 9.92. The number of rotatable bonds is 6. The van der Waals surface area contributed by atoms with Crippen LogP contribution in [-0.4, -0.2) is 37.1 Å². The Labute approximate surface area is 108 Å². The van der Waals surface area contributed by atoms with Gasteiger partial charge in [-0.3, -0.25) is 4.90 Å². The Balaban J connectivity index is 2.54. The Kier molecular flexibility index (Phi) is 6.50. The molecule has 0 aromatic rings. The van der Waals surface area contributed by atoms with Gasteiger partial charge in [-0.25, -0.2) is 0 Å². The Morgan fingerprint density at radius 3 is 2.18 bits per heavy atom. The first-order valence-electron chi connectivity index (χ1n) is 7.44. The third kappa shape index (κ3) is 5.39. The van der Waals surface area contributed by atoms with E-state index in [4.69, 9.17) is 0 Å². The molecule has 1 N–H and O–H groups in total. The fourth-order valence-corrected chi connectivity index (χ4v) is 3.06. The van der Waals surface area contributed by atoms with Gasteiger partial charge in [0.15, 0.2) is 0 Å². The number of likely N-dealkylation sites (tertiary alicyclic amines) is 1. The summed E-state index contributed by atoms with van der Waals surface area (Å²) in [6, 6.07) is 1.51. The van der Waals surface area contributed by atoms with Crippen molar-refractivity contribution in [2.24, 2.45) is 11.8 Å². The molecule has 0 radical (unpaired) electrons. The van der Waals surface area contributed by atoms with E-state index in [9.17, 15) is 0 Å². The van der Waals surface area contributed by atoms with Gasteiger partial charge in [0.1, 0.15) is 0 Å².